The maximum atomic E-state index is 13.0. The molecule has 152 valence electrons. The molecule has 4 aromatic rings. The number of benzene rings is 1. The summed E-state index contributed by atoms with van der Waals surface area (Å²) < 4.78 is 5.33. The number of rotatable bonds is 9. The van der Waals surface area contributed by atoms with E-state index in [1.165, 1.54) is 5.56 Å². The third kappa shape index (κ3) is 5.39. The molecule has 0 radical (unpaired) electrons. The molecule has 0 spiro atoms. The molecule has 6 nitrogen and oxygen atoms in total. The van der Waals surface area contributed by atoms with E-state index in [0.717, 1.165) is 16.9 Å². The number of pyridine rings is 1. The van der Waals surface area contributed by atoms with E-state index in [2.05, 4.69) is 27.3 Å². The fraction of sp³-hybridized carbons (Fsp3) is 0.217. The number of aromatic nitrogens is 3. The lowest BCUT2D eigenvalue weighted by atomic mass is 10.1. The van der Waals surface area contributed by atoms with Gasteiger partial charge in [-0.15, -0.1) is 11.3 Å². The van der Waals surface area contributed by atoms with Crippen molar-refractivity contribution < 1.29 is 9.32 Å². The first-order chi connectivity index (χ1) is 14.8. The highest BCUT2D eigenvalue weighted by Gasteiger charge is 2.17. The lowest BCUT2D eigenvalue weighted by Gasteiger charge is -2.22. The number of hydrogen-bond donors (Lipinski definition) is 0. The number of hydrogen-bond acceptors (Lipinski definition) is 6. The Hall–Kier alpha value is -3.32. The Labute approximate surface area is 179 Å². The van der Waals surface area contributed by atoms with Crippen LogP contribution in [0.5, 0.6) is 0 Å². The topological polar surface area (TPSA) is 72.1 Å². The normalized spacial score (nSPS) is 10.8. The Morgan fingerprint density at radius 3 is 2.63 bits per heavy atom. The van der Waals surface area contributed by atoms with Gasteiger partial charge in [-0.3, -0.25) is 9.78 Å². The molecule has 0 bridgehead atoms. The van der Waals surface area contributed by atoms with Crippen LogP contribution in [0.15, 0.2) is 76.9 Å². The number of thiophene rings is 1. The van der Waals surface area contributed by atoms with Crippen molar-refractivity contribution in [3.05, 3.63) is 89.4 Å². The van der Waals surface area contributed by atoms with Crippen molar-refractivity contribution >= 4 is 17.2 Å². The summed E-state index contributed by atoms with van der Waals surface area (Å²) in [5, 5.41) is 5.99. The zero-order valence-electron chi connectivity index (χ0n) is 16.5. The minimum atomic E-state index is 0.0608. The highest BCUT2D eigenvalue weighted by Crippen LogP contribution is 2.21. The van der Waals surface area contributed by atoms with Crippen LogP contribution in [0.3, 0.4) is 0 Å². The second kappa shape index (κ2) is 9.93. The highest BCUT2D eigenvalue weighted by atomic mass is 32.1. The first kappa shape index (κ1) is 20.0. The lowest BCUT2D eigenvalue weighted by molar-refractivity contribution is -0.131. The van der Waals surface area contributed by atoms with Crippen LogP contribution in [0.1, 0.15) is 23.4 Å². The van der Waals surface area contributed by atoms with Crippen LogP contribution < -0.4 is 0 Å². The van der Waals surface area contributed by atoms with Gasteiger partial charge in [-0.1, -0.05) is 47.6 Å². The van der Waals surface area contributed by atoms with Gasteiger partial charge in [-0.05, 0) is 35.1 Å². The van der Waals surface area contributed by atoms with Crippen LogP contribution in [0.4, 0.5) is 0 Å². The summed E-state index contributed by atoms with van der Waals surface area (Å²) in [6.07, 6.45) is 5.08. The van der Waals surface area contributed by atoms with E-state index in [0.29, 0.717) is 37.6 Å². The van der Waals surface area contributed by atoms with E-state index in [1.54, 1.807) is 23.7 Å². The lowest BCUT2D eigenvalue weighted by Crippen LogP contribution is -2.32. The third-order valence-electron chi connectivity index (χ3n) is 4.72. The first-order valence-corrected chi connectivity index (χ1v) is 10.7. The van der Waals surface area contributed by atoms with Gasteiger partial charge in [0.05, 0.1) is 4.88 Å². The van der Waals surface area contributed by atoms with Crippen molar-refractivity contribution in [3.8, 4) is 10.7 Å². The molecule has 0 fully saturated rings. The molecule has 0 N–H and O–H groups in total. The summed E-state index contributed by atoms with van der Waals surface area (Å²) in [6, 6.07) is 18.0. The Balaban J connectivity index is 1.39. The van der Waals surface area contributed by atoms with Gasteiger partial charge in [0.2, 0.25) is 17.6 Å². The van der Waals surface area contributed by atoms with Crippen LogP contribution in [-0.2, 0) is 24.2 Å². The van der Waals surface area contributed by atoms with Gasteiger partial charge in [0.15, 0.2) is 0 Å². The maximum Gasteiger partial charge on any atom is 0.227 e. The van der Waals surface area contributed by atoms with Gasteiger partial charge in [0.25, 0.3) is 0 Å². The minimum absolute atomic E-state index is 0.0608. The van der Waals surface area contributed by atoms with Gasteiger partial charge >= 0.3 is 0 Å². The van der Waals surface area contributed by atoms with E-state index < -0.39 is 0 Å². The molecule has 0 atom stereocenters. The Kier molecular flexibility index (Phi) is 6.61. The van der Waals surface area contributed by atoms with E-state index in [9.17, 15) is 4.79 Å². The molecule has 0 saturated heterocycles. The molecule has 1 amide bonds. The number of carbonyl (C=O) groups excluding carboxylic acids is 1. The summed E-state index contributed by atoms with van der Waals surface area (Å²) in [6.45, 7) is 1.17. The van der Waals surface area contributed by atoms with Gasteiger partial charge in [0.1, 0.15) is 0 Å². The summed E-state index contributed by atoms with van der Waals surface area (Å²) >= 11 is 1.56. The van der Waals surface area contributed by atoms with Crippen LogP contribution in [0.25, 0.3) is 10.7 Å². The Morgan fingerprint density at radius 2 is 1.87 bits per heavy atom. The third-order valence-corrected chi connectivity index (χ3v) is 5.59. The summed E-state index contributed by atoms with van der Waals surface area (Å²) in [4.78, 5) is 24.4. The first-order valence-electron chi connectivity index (χ1n) is 9.85. The number of aryl methyl sites for hydroxylation is 1. The monoisotopic (exact) mass is 418 g/mol. The van der Waals surface area contributed by atoms with Gasteiger partial charge in [-0.2, -0.15) is 4.98 Å². The predicted molar refractivity (Wildman–Crippen MR) is 116 cm³/mol. The molecular formula is C23H22N4O2S. The van der Waals surface area contributed by atoms with E-state index in [-0.39, 0.29) is 5.91 Å². The zero-order chi connectivity index (χ0) is 20.6. The van der Waals surface area contributed by atoms with Crippen LogP contribution >= 0.6 is 11.3 Å². The molecule has 7 heteroatoms. The predicted octanol–water partition coefficient (Wildman–Crippen LogP) is 4.40. The standard InChI is InChI=1S/C23H22N4O2S/c28-22(11-10-21-25-23(26-29-21)20-9-5-15-30-20)27(17-19-8-4-13-24-16-19)14-12-18-6-2-1-3-7-18/h1-9,13,15-16H,10-12,14,17H2. The molecule has 1 aromatic carbocycles. The van der Waals surface area contributed by atoms with Gasteiger partial charge in [-0.25, -0.2) is 0 Å². The average molecular weight is 419 g/mol. The quantitative estimate of drug-likeness (QED) is 0.403. The minimum Gasteiger partial charge on any atom is -0.339 e. The SMILES string of the molecule is O=C(CCc1nc(-c2cccs2)no1)N(CCc1ccccc1)Cc1cccnc1. The second-order valence-corrected chi connectivity index (χ2v) is 7.85. The van der Waals surface area contributed by atoms with Crippen LogP contribution in [-0.4, -0.2) is 32.5 Å². The van der Waals surface area contributed by atoms with Crippen molar-refractivity contribution in [1.82, 2.24) is 20.0 Å². The fourth-order valence-corrected chi connectivity index (χ4v) is 3.80. The molecule has 0 unspecified atom stereocenters. The van der Waals surface area contributed by atoms with Crippen molar-refractivity contribution in [2.45, 2.75) is 25.8 Å². The van der Waals surface area contributed by atoms with Gasteiger partial charge < -0.3 is 9.42 Å². The molecule has 30 heavy (non-hydrogen) atoms. The van der Waals surface area contributed by atoms with E-state index >= 15 is 0 Å². The van der Waals surface area contributed by atoms with Crippen molar-refractivity contribution in [1.29, 1.82) is 0 Å². The van der Waals surface area contributed by atoms with Crippen molar-refractivity contribution in [3.63, 3.8) is 0 Å². The number of amides is 1. The molecule has 0 aliphatic carbocycles. The summed E-state index contributed by atoms with van der Waals surface area (Å²) in [5.41, 5.74) is 2.22. The van der Waals surface area contributed by atoms with Gasteiger partial charge in [0, 0.05) is 38.3 Å². The second-order valence-electron chi connectivity index (χ2n) is 6.90. The summed E-state index contributed by atoms with van der Waals surface area (Å²) in [5.74, 6) is 1.12. The van der Waals surface area contributed by atoms with Crippen molar-refractivity contribution in [2.75, 3.05) is 6.54 Å². The van der Waals surface area contributed by atoms with Crippen LogP contribution in [0.2, 0.25) is 0 Å². The molecule has 3 heterocycles. The number of carbonyl (C=O) groups is 1. The van der Waals surface area contributed by atoms with E-state index in [1.807, 2.05) is 52.7 Å². The summed E-state index contributed by atoms with van der Waals surface area (Å²) in [7, 11) is 0. The highest BCUT2D eigenvalue weighted by molar-refractivity contribution is 7.13. The fourth-order valence-electron chi connectivity index (χ4n) is 3.15. The van der Waals surface area contributed by atoms with E-state index in [4.69, 9.17) is 4.52 Å². The average Bonchev–Trinajstić information content (AvgIpc) is 3.48. The molecule has 0 saturated carbocycles. The maximum absolute atomic E-state index is 13.0. The Morgan fingerprint density at radius 1 is 1.00 bits per heavy atom. The molecular weight excluding hydrogens is 396 g/mol. The molecule has 0 aliphatic heterocycles. The zero-order valence-corrected chi connectivity index (χ0v) is 17.3. The molecule has 3 aromatic heterocycles. The Bertz CT molecular complexity index is 1050. The molecule has 4 rings (SSSR count). The van der Waals surface area contributed by atoms with Crippen molar-refractivity contribution in [2.24, 2.45) is 0 Å². The van der Waals surface area contributed by atoms with Crippen LogP contribution in [0, 0.1) is 0 Å². The largest absolute Gasteiger partial charge is 0.339 e. The molecule has 0 aliphatic rings. The smallest absolute Gasteiger partial charge is 0.227 e. The number of nitrogens with zero attached hydrogens (tertiary/aromatic N) is 4.